The highest BCUT2D eigenvalue weighted by Gasteiger charge is 2.12. The van der Waals surface area contributed by atoms with Gasteiger partial charge in [0.05, 0.1) is 7.11 Å². The molecule has 0 aliphatic heterocycles. The average Bonchev–Trinajstić information content (AvgIpc) is 3.19. The van der Waals surface area contributed by atoms with Crippen molar-refractivity contribution in [3.8, 4) is 11.5 Å². The van der Waals surface area contributed by atoms with Gasteiger partial charge in [-0.1, -0.05) is 49.4 Å². The number of nitrogens with one attached hydrogen (secondary N) is 2. The number of carbonyl (C=O) groups excluding carboxylic acids is 1. The minimum atomic E-state index is -0.399. The molecular weight excluding hydrogens is 388 g/mol. The van der Waals surface area contributed by atoms with Gasteiger partial charge in [-0.3, -0.25) is 5.32 Å². The van der Waals surface area contributed by atoms with Gasteiger partial charge in [0.15, 0.2) is 5.01 Å². The predicted octanol–water partition coefficient (Wildman–Crippen LogP) is 5.28. The summed E-state index contributed by atoms with van der Waals surface area (Å²) < 4.78 is 11.1. The molecule has 0 saturated carbocycles. The van der Waals surface area contributed by atoms with Crippen LogP contribution in [0.4, 0.5) is 15.6 Å². The molecule has 0 fully saturated rings. The Morgan fingerprint density at radius 1 is 1.14 bits per heavy atom. The fraction of sp³-hybridized carbons (Fsp3) is 0.286. The third-order valence-electron chi connectivity index (χ3n) is 4.43. The molecule has 3 aromatic rings. The molecule has 2 N–H and O–H groups in total. The van der Waals surface area contributed by atoms with Crippen molar-refractivity contribution in [1.82, 2.24) is 10.2 Å². The van der Waals surface area contributed by atoms with E-state index >= 15 is 0 Å². The molecule has 0 unspecified atom stereocenters. The predicted molar refractivity (Wildman–Crippen MR) is 115 cm³/mol. The van der Waals surface area contributed by atoms with E-state index < -0.39 is 6.03 Å². The molecule has 2 amide bonds. The summed E-state index contributed by atoms with van der Waals surface area (Å²) >= 11 is 1.27. The lowest BCUT2D eigenvalue weighted by Crippen LogP contribution is -2.19. The second-order valence-corrected chi connectivity index (χ2v) is 7.51. The van der Waals surface area contributed by atoms with Crippen LogP contribution in [-0.4, -0.2) is 23.3 Å². The lowest BCUT2D eigenvalue weighted by molar-refractivity contribution is 0.262. The lowest BCUT2D eigenvalue weighted by atomic mass is 9.98. The Morgan fingerprint density at radius 3 is 2.76 bits per heavy atom. The van der Waals surface area contributed by atoms with Crippen LogP contribution < -0.4 is 20.1 Å². The number of hydrogen-bond donors (Lipinski definition) is 2. The van der Waals surface area contributed by atoms with Gasteiger partial charge >= 0.3 is 6.03 Å². The monoisotopic (exact) mass is 412 g/mol. The van der Waals surface area contributed by atoms with Crippen molar-refractivity contribution in [2.45, 2.75) is 32.8 Å². The van der Waals surface area contributed by atoms with E-state index in [1.807, 2.05) is 18.2 Å². The van der Waals surface area contributed by atoms with E-state index in [1.54, 1.807) is 31.4 Å². The molecule has 2 aromatic carbocycles. The van der Waals surface area contributed by atoms with Gasteiger partial charge in [-0.2, -0.15) is 0 Å². The van der Waals surface area contributed by atoms with Crippen molar-refractivity contribution in [2.24, 2.45) is 0 Å². The first kappa shape index (κ1) is 20.6. The van der Waals surface area contributed by atoms with Gasteiger partial charge in [0, 0.05) is 11.8 Å². The number of methoxy groups -OCH3 is 1. The van der Waals surface area contributed by atoms with Gasteiger partial charge in [-0.15, -0.1) is 10.2 Å². The largest absolute Gasteiger partial charge is 0.497 e. The number of ether oxygens (including phenoxy) is 2. The van der Waals surface area contributed by atoms with Gasteiger partial charge in [-0.25, -0.2) is 4.79 Å². The highest BCUT2D eigenvalue weighted by atomic mass is 32.1. The second-order valence-electron chi connectivity index (χ2n) is 6.45. The van der Waals surface area contributed by atoms with Gasteiger partial charge in [-0.05, 0) is 36.1 Å². The van der Waals surface area contributed by atoms with E-state index in [0.717, 1.165) is 12.2 Å². The van der Waals surface area contributed by atoms with Gasteiger partial charge in [0.1, 0.15) is 18.1 Å². The van der Waals surface area contributed by atoms with Crippen molar-refractivity contribution in [2.75, 3.05) is 17.7 Å². The highest BCUT2D eigenvalue weighted by Crippen LogP contribution is 2.29. The molecule has 0 aliphatic carbocycles. The number of anilines is 2. The van der Waals surface area contributed by atoms with E-state index in [4.69, 9.17) is 9.47 Å². The molecule has 7 nitrogen and oxygen atoms in total. The summed E-state index contributed by atoms with van der Waals surface area (Å²) in [5.74, 6) is 1.93. The van der Waals surface area contributed by atoms with Crippen LogP contribution in [0.2, 0.25) is 0 Å². The Morgan fingerprint density at radius 2 is 1.97 bits per heavy atom. The molecule has 0 spiro atoms. The van der Waals surface area contributed by atoms with E-state index in [-0.39, 0.29) is 0 Å². The van der Waals surface area contributed by atoms with Crippen LogP contribution in [0.25, 0.3) is 0 Å². The minimum Gasteiger partial charge on any atom is -0.497 e. The standard InChI is InChI=1S/C21H24N4O3S/c1-4-14(2)17-10-5-6-11-18(17)28-13-19-24-25-21(29-19)23-20(26)22-15-8-7-9-16(12-15)27-3/h5-12,14H,4,13H2,1-3H3,(H2,22,23,25,26)/t14-/m0/s1. The SMILES string of the molecule is CC[C@H](C)c1ccccc1OCc1nnc(NC(=O)Nc2cccc(OC)c2)s1. The molecule has 3 rings (SSSR count). The fourth-order valence-corrected chi connectivity index (χ4v) is 3.35. The Bertz CT molecular complexity index is 960. The van der Waals surface area contributed by atoms with Crippen LogP contribution in [0.15, 0.2) is 48.5 Å². The Labute approximate surface area is 174 Å². The number of aromatic nitrogens is 2. The van der Waals surface area contributed by atoms with Crippen LogP contribution in [0, 0.1) is 0 Å². The average molecular weight is 413 g/mol. The highest BCUT2D eigenvalue weighted by molar-refractivity contribution is 7.15. The first-order chi connectivity index (χ1) is 14.1. The van der Waals surface area contributed by atoms with Crippen molar-refractivity contribution >= 4 is 28.2 Å². The second kappa shape index (κ2) is 9.88. The zero-order valence-corrected chi connectivity index (χ0v) is 17.5. The molecule has 29 heavy (non-hydrogen) atoms. The van der Waals surface area contributed by atoms with Crippen LogP contribution in [0.3, 0.4) is 0 Å². The Hall–Kier alpha value is -3.13. The molecule has 1 atom stereocenters. The Balaban J connectivity index is 1.56. The van der Waals surface area contributed by atoms with Crippen molar-refractivity contribution in [3.63, 3.8) is 0 Å². The number of carbonyl (C=O) groups is 1. The molecule has 8 heteroatoms. The molecular formula is C21H24N4O3S. The molecule has 1 heterocycles. The normalized spacial score (nSPS) is 11.6. The number of urea groups is 1. The van der Waals surface area contributed by atoms with Crippen molar-refractivity contribution in [3.05, 3.63) is 59.1 Å². The van der Waals surface area contributed by atoms with Crippen molar-refractivity contribution < 1.29 is 14.3 Å². The number of amides is 2. The molecule has 152 valence electrons. The summed E-state index contributed by atoms with van der Waals surface area (Å²) in [6.07, 6.45) is 1.04. The van der Waals surface area contributed by atoms with Crippen molar-refractivity contribution in [1.29, 1.82) is 0 Å². The molecule has 0 bridgehead atoms. The quantitative estimate of drug-likeness (QED) is 0.525. The van der Waals surface area contributed by atoms with Crippen LogP contribution in [0.1, 0.15) is 36.8 Å². The summed E-state index contributed by atoms with van der Waals surface area (Å²) in [5, 5.41) is 14.6. The molecule has 0 saturated heterocycles. The summed E-state index contributed by atoms with van der Waals surface area (Å²) in [6, 6.07) is 14.7. The zero-order chi connectivity index (χ0) is 20.6. The van der Waals surface area contributed by atoms with E-state index in [9.17, 15) is 4.79 Å². The van der Waals surface area contributed by atoms with Gasteiger partial charge < -0.3 is 14.8 Å². The number of hydrogen-bond acceptors (Lipinski definition) is 6. The van der Waals surface area contributed by atoms with E-state index in [2.05, 4.69) is 40.7 Å². The first-order valence-corrected chi connectivity index (χ1v) is 10.2. The number of nitrogens with zero attached hydrogens (tertiary/aromatic N) is 2. The van der Waals surface area contributed by atoms with Gasteiger partial charge in [0.25, 0.3) is 0 Å². The maximum atomic E-state index is 12.2. The number of para-hydroxylation sites is 1. The molecule has 0 radical (unpaired) electrons. The minimum absolute atomic E-state index is 0.296. The maximum Gasteiger partial charge on any atom is 0.325 e. The molecule has 0 aliphatic rings. The summed E-state index contributed by atoms with van der Waals surface area (Å²) in [7, 11) is 1.57. The van der Waals surface area contributed by atoms with Crippen LogP contribution in [-0.2, 0) is 6.61 Å². The van der Waals surface area contributed by atoms with Crippen LogP contribution in [0.5, 0.6) is 11.5 Å². The smallest absolute Gasteiger partial charge is 0.325 e. The van der Waals surface area contributed by atoms with Crippen LogP contribution >= 0.6 is 11.3 Å². The third-order valence-corrected chi connectivity index (χ3v) is 5.24. The number of benzene rings is 2. The third kappa shape index (κ3) is 5.68. The van der Waals surface area contributed by atoms with E-state index in [1.165, 1.54) is 16.9 Å². The summed E-state index contributed by atoms with van der Waals surface area (Å²) in [5.41, 5.74) is 1.80. The van der Waals surface area contributed by atoms with Gasteiger partial charge in [0.2, 0.25) is 5.13 Å². The topological polar surface area (TPSA) is 85.4 Å². The summed E-state index contributed by atoms with van der Waals surface area (Å²) in [4.78, 5) is 12.2. The summed E-state index contributed by atoms with van der Waals surface area (Å²) in [6.45, 7) is 4.63. The fourth-order valence-electron chi connectivity index (χ4n) is 2.70. The Kier molecular flexibility index (Phi) is 7.02. The maximum absolute atomic E-state index is 12.2. The number of rotatable bonds is 8. The lowest BCUT2D eigenvalue weighted by Gasteiger charge is -2.14. The molecule has 1 aromatic heterocycles. The first-order valence-electron chi connectivity index (χ1n) is 9.35. The van der Waals surface area contributed by atoms with E-state index in [0.29, 0.717) is 34.1 Å². The zero-order valence-electron chi connectivity index (χ0n) is 16.6.